The monoisotopic (exact) mass is 405 g/mol. The second kappa shape index (κ2) is 9.01. The van der Waals surface area contributed by atoms with E-state index in [2.05, 4.69) is 25.1 Å². The molecule has 0 spiro atoms. The molecule has 2 nitrogen and oxygen atoms in total. The minimum absolute atomic E-state index is 0.0584. The van der Waals surface area contributed by atoms with Crippen LogP contribution in [0, 0.1) is 6.92 Å². The normalized spacial score (nSPS) is 11.2. The number of amides is 1. The number of aryl methyl sites for hydroxylation is 1. The van der Waals surface area contributed by atoms with Crippen LogP contribution in [0.2, 0.25) is 0 Å². The Morgan fingerprint density at radius 2 is 1.13 bits per heavy atom. The van der Waals surface area contributed by atoms with E-state index in [0.29, 0.717) is 6.54 Å². The maximum absolute atomic E-state index is 14.4. The van der Waals surface area contributed by atoms with Crippen molar-refractivity contribution in [2.75, 3.05) is 4.90 Å². The lowest BCUT2D eigenvalue weighted by molar-refractivity contribution is -0.122. The molecule has 0 bridgehead atoms. The summed E-state index contributed by atoms with van der Waals surface area (Å²) >= 11 is 0. The minimum Gasteiger partial charge on any atom is -0.307 e. The molecule has 4 aromatic rings. The highest BCUT2D eigenvalue weighted by Crippen LogP contribution is 2.36. The van der Waals surface area contributed by atoms with Crippen molar-refractivity contribution in [3.8, 4) is 0 Å². The predicted molar refractivity (Wildman–Crippen MR) is 128 cm³/mol. The van der Waals surface area contributed by atoms with Gasteiger partial charge >= 0.3 is 0 Å². The fraction of sp³-hybridized carbons (Fsp3) is 0.138. The van der Waals surface area contributed by atoms with Crippen LogP contribution in [0.3, 0.4) is 0 Å². The number of benzene rings is 4. The molecule has 0 saturated heterocycles. The second-order valence-electron chi connectivity index (χ2n) is 8.02. The summed E-state index contributed by atoms with van der Waals surface area (Å²) in [5.74, 6) is 0.0584. The van der Waals surface area contributed by atoms with Crippen molar-refractivity contribution < 1.29 is 4.79 Å². The lowest BCUT2D eigenvalue weighted by atomic mass is 9.74. The van der Waals surface area contributed by atoms with E-state index in [1.807, 2.05) is 109 Å². The zero-order chi connectivity index (χ0) is 21.7. The van der Waals surface area contributed by atoms with E-state index in [1.165, 1.54) is 0 Å². The molecule has 0 aliphatic heterocycles. The van der Waals surface area contributed by atoms with Gasteiger partial charge in [-0.3, -0.25) is 4.79 Å². The van der Waals surface area contributed by atoms with Gasteiger partial charge in [-0.25, -0.2) is 0 Å². The average Bonchev–Trinajstić information content (AvgIpc) is 2.84. The highest BCUT2D eigenvalue weighted by atomic mass is 16.2. The molecule has 0 fully saturated rings. The average molecular weight is 406 g/mol. The van der Waals surface area contributed by atoms with Crippen LogP contribution >= 0.6 is 0 Å². The molecule has 154 valence electrons. The first-order valence-corrected chi connectivity index (χ1v) is 10.6. The van der Waals surface area contributed by atoms with Crippen LogP contribution in [0.25, 0.3) is 0 Å². The molecule has 0 aliphatic carbocycles. The van der Waals surface area contributed by atoms with Crippen LogP contribution in [-0.2, 0) is 16.8 Å². The maximum Gasteiger partial charge on any atom is 0.242 e. The Bertz CT molecular complexity index is 1100. The number of hydrogen-bond acceptors (Lipinski definition) is 1. The van der Waals surface area contributed by atoms with Gasteiger partial charge in [0.2, 0.25) is 5.91 Å². The molecule has 4 aromatic carbocycles. The van der Waals surface area contributed by atoms with E-state index >= 15 is 0 Å². The summed E-state index contributed by atoms with van der Waals surface area (Å²) in [5, 5.41) is 0. The van der Waals surface area contributed by atoms with Crippen molar-refractivity contribution in [1.29, 1.82) is 0 Å². The van der Waals surface area contributed by atoms with Gasteiger partial charge in [-0.2, -0.15) is 0 Å². The van der Waals surface area contributed by atoms with E-state index in [0.717, 1.165) is 27.9 Å². The summed E-state index contributed by atoms with van der Waals surface area (Å²) in [7, 11) is 0. The van der Waals surface area contributed by atoms with E-state index in [4.69, 9.17) is 0 Å². The Labute approximate surface area is 184 Å². The third kappa shape index (κ3) is 4.15. The molecule has 2 heteroatoms. The molecule has 0 saturated carbocycles. The lowest BCUT2D eigenvalue weighted by Crippen LogP contribution is -2.46. The SMILES string of the molecule is Cc1ccccc1N(Cc1ccccc1)C(=O)C(C)(c1ccccc1)c1ccccc1. The van der Waals surface area contributed by atoms with Gasteiger partial charge < -0.3 is 4.90 Å². The van der Waals surface area contributed by atoms with Gasteiger partial charge in [0, 0.05) is 5.69 Å². The Hall–Kier alpha value is -3.65. The Morgan fingerprint density at radius 1 is 0.677 bits per heavy atom. The summed E-state index contributed by atoms with van der Waals surface area (Å²) in [4.78, 5) is 16.4. The maximum atomic E-state index is 14.4. The van der Waals surface area contributed by atoms with Crippen molar-refractivity contribution in [3.63, 3.8) is 0 Å². The number of carbonyl (C=O) groups is 1. The minimum atomic E-state index is -0.820. The standard InChI is InChI=1S/C29H27NO/c1-23-14-12-13-21-27(23)30(22-24-15-6-3-7-16-24)28(31)29(2,25-17-8-4-9-18-25)26-19-10-5-11-20-26/h3-21H,22H2,1-2H3. The number of rotatable bonds is 6. The summed E-state index contributed by atoms with van der Waals surface area (Å²) in [6, 6.07) is 38.4. The Balaban J connectivity index is 1.88. The molecule has 0 atom stereocenters. The van der Waals surface area contributed by atoms with Crippen LogP contribution < -0.4 is 4.90 Å². The van der Waals surface area contributed by atoms with Gasteiger partial charge in [0.25, 0.3) is 0 Å². The highest BCUT2D eigenvalue weighted by Gasteiger charge is 2.40. The van der Waals surface area contributed by atoms with Crippen molar-refractivity contribution in [3.05, 3.63) is 138 Å². The molecule has 0 aromatic heterocycles. The van der Waals surface area contributed by atoms with Gasteiger partial charge in [0.15, 0.2) is 0 Å². The largest absolute Gasteiger partial charge is 0.307 e. The smallest absolute Gasteiger partial charge is 0.242 e. The van der Waals surface area contributed by atoms with E-state index in [-0.39, 0.29) is 5.91 Å². The summed E-state index contributed by atoms with van der Waals surface area (Å²) in [6.07, 6.45) is 0. The first-order chi connectivity index (χ1) is 15.1. The second-order valence-corrected chi connectivity index (χ2v) is 8.02. The molecule has 31 heavy (non-hydrogen) atoms. The summed E-state index contributed by atoms with van der Waals surface area (Å²) in [5.41, 5.74) is 4.27. The van der Waals surface area contributed by atoms with Crippen LogP contribution in [-0.4, -0.2) is 5.91 Å². The first-order valence-electron chi connectivity index (χ1n) is 10.6. The molecule has 0 heterocycles. The third-order valence-corrected chi connectivity index (χ3v) is 5.96. The quantitative estimate of drug-likeness (QED) is 0.357. The molecule has 1 amide bonds. The van der Waals surface area contributed by atoms with Gasteiger partial charge in [0.1, 0.15) is 0 Å². The van der Waals surface area contributed by atoms with Gasteiger partial charge in [-0.1, -0.05) is 109 Å². The van der Waals surface area contributed by atoms with E-state index < -0.39 is 5.41 Å². The Morgan fingerprint density at radius 3 is 1.65 bits per heavy atom. The van der Waals surface area contributed by atoms with Crippen molar-refractivity contribution >= 4 is 11.6 Å². The first kappa shape index (κ1) is 20.6. The van der Waals surface area contributed by atoms with Crippen LogP contribution in [0.4, 0.5) is 5.69 Å². The lowest BCUT2D eigenvalue weighted by Gasteiger charge is -2.36. The van der Waals surface area contributed by atoms with Crippen LogP contribution in [0.1, 0.15) is 29.2 Å². The zero-order valence-electron chi connectivity index (χ0n) is 18.0. The van der Waals surface area contributed by atoms with Gasteiger partial charge in [-0.15, -0.1) is 0 Å². The van der Waals surface area contributed by atoms with Crippen molar-refractivity contribution in [2.45, 2.75) is 25.8 Å². The molecule has 0 unspecified atom stereocenters. The van der Waals surface area contributed by atoms with E-state index in [1.54, 1.807) is 0 Å². The van der Waals surface area contributed by atoms with E-state index in [9.17, 15) is 4.79 Å². The molecular formula is C29H27NO. The number of nitrogens with zero attached hydrogens (tertiary/aromatic N) is 1. The topological polar surface area (TPSA) is 20.3 Å². The zero-order valence-corrected chi connectivity index (χ0v) is 18.0. The molecular weight excluding hydrogens is 378 g/mol. The molecule has 4 rings (SSSR count). The highest BCUT2D eigenvalue weighted by molar-refractivity contribution is 6.03. The fourth-order valence-corrected chi connectivity index (χ4v) is 4.13. The van der Waals surface area contributed by atoms with Crippen LogP contribution in [0.15, 0.2) is 115 Å². The van der Waals surface area contributed by atoms with Crippen molar-refractivity contribution in [2.24, 2.45) is 0 Å². The van der Waals surface area contributed by atoms with Crippen LogP contribution in [0.5, 0.6) is 0 Å². The van der Waals surface area contributed by atoms with Crippen molar-refractivity contribution in [1.82, 2.24) is 0 Å². The predicted octanol–water partition coefficient (Wildman–Crippen LogP) is 6.53. The third-order valence-electron chi connectivity index (χ3n) is 5.96. The molecule has 0 N–H and O–H groups in total. The Kier molecular flexibility index (Phi) is 5.99. The summed E-state index contributed by atoms with van der Waals surface area (Å²) in [6.45, 7) is 4.61. The number of anilines is 1. The van der Waals surface area contributed by atoms with Gasteiger partial charge in [-0.05, 0) is 42.2 Å². The number of carbonyl (C=O) groups excluding carboxylic acids is 1. The molecule has 0 aliphatic rings. The molecule has 0 radical (unpaired) electrons. The fourth-order valence-electron chi connectivity index (χ4n) is 4.13. The number of hydrogen-bond donors (Lipinski definition) is 0. The number of para-hydroxylation sites is 1. The van der Waals surface area contributed by atoms with Gasteiger partial charge in [0.05, 0.1) is 12.0 Å². The summed E-state index contributed by atoms with van der Waals surface area (Å²) < 4.78 is 0.